The fraction of sp³-hybridized carbons (Fsp3) is 0.632. The van der Waals surface area contributed by atoms with Crippen LogP contribution in [0.15, 0.2) is 24.3 Å². The van der Waals surface area contributed by atoms with E-state index in [0.29, 0.717) is 6.04 Å². The van der Waals surface area contributed by atoms with Crippen molar-refractivity contribution in [2.45, 2.75) is 50.2 Å². The number of hydrogen-bond donors (Lipinski definition) is 1. The average Bonchev–Trinajstić information content (AvgIpc) is 3.02. The molecule has 0 amide bonds. The van der Waals surface area contributed by atoms with Crippen molar-refractivity contribution >= 4 is 21.6 Å². The molecule has 2 saturated heterocycles. The number of nitrogens with zero attached hydrogens (tertiary/aromatic N) is 1. The van der Waals surface area contributed by atoms with Gasteiger partial charge < -0.3 is 14.8 Å². The fourth-order valence-corrected chi connectivity index (χ4v) is 4.88. The summed E-state index contributed by atoms with van der Waals surface area (Å²) in [4.78, 5) is 4.72. The molecule has 1 spiro atoms. The van der Waals surface area contributed by atoms with Gasteiger partial charge in [0.05, 0.1) is 20.8 Å². The number of rotatable bonds is 5. The molecule has 4 nitrogen and oxygen atoms in total. The zero-order chi connectivity index (χ0) is 16.2. The zero-order valence-electron chi connectivity index (χ0n) is 14.1. The normalized spacial score (nSPS) is 23.8. The van der Waals surface area contributed by atoms with Crippen LogP contribution < -0.4 is 5.32 Å². The molecule has 1 N–H and O–H groups in total. The first-order valence-electron chi connectivity index (χ1n) is 9.13. The highest BCUT2D eigenvalue weighted by Crippen LogP contribution is 2.34. The summed E-state index contributed by atoms with van der Waals surface area (Å²) in [5, 5.41) is 5.01. The Labute approximate surface area is 147 Å². The lowest BCUT2D eigenvalue weighted by Gasteiger charge is -2.43. The van der Waals surface area contributed by atoms with Crippen molar-refractivity contribution in [3.8, 4) is 0 Å². The zero-order valence-corrected chi connectivity index (χ0v) is 14.9. The first kappa shape index (κ1) is 16.5. The standard InChI is InChI=1S/C19H26N2O2S/c1-2-5-17-16(4-1)21-18(24-17)6-3-10-20-15-7-11-23-19(14-15)8-12-22-13-9-19/h1-2,4-5,15,20H,3,6-14H2/t15-/m1/s1. The first-order valence-corrected chi connectivity index (χ1v) is 9.94. The summed E-state index contributed by atoms with van der Waals surface area (Å²) in [6.45, 7) is 3.65. The van der Waals surface area contributed by atoms with Crippen molar-refractivity contribution < 1.29 is 9.47 Å². The lowest BCUT2D eigenvalue weighted by atomic mass is 9.84. The molecular weight excluding hydrogens is 320 g/mol. The van der Waals surface area contributed by atoms with E-state index < -0.39 is 0 Å². The first-order chi connectivity index (χ1) is 11.8. The van der Waals surface area contributed by atoms with Crippen LogP contribution in [0.2, 0.25) is 0 Å². The third kappa shape index (κ3) is 3.80. The summed E-state index contributed by atoms with van der Waals surface area (Å²) < 4.78 is 12.9. The Balaban J connectivity index is 1.23. The molecular formula is C19H26N2O2S. The molecule has 0 radical (unpaired) electrons. The molecule has 2 aliphatic heterocycles. The Morgan fingerprint density at radius 3 is 2.96 bits per heavy atom. The van der Waals surface area contributed by atoms with Gasteiger partial charge in [-0.1, -0.05) is 12.1 Å². The second kappa shape index (κ2) is 7.48. The Morgan fingerprint density at radius 2 is 2.08 bits per heavy atom. The van der Waals surface area contributed by atoms with E-state index in [2.05, 4.69) is 29.6 Å². The van der Waals surface area contributed by atoms with Gasteiger partial charge >= 0.3 is 0 Å². The van der Waals surface area contributed by atoms with Gasteiger partial charge in [0.1, 0.15) is 0 Å². The topological polar surface area (TPSA) is 43.4 Å². The molecule has 0 unspecified atom stereocenters. The van der Waals surface area contributed by atoms with Gasteiger partial charge in [-0.15, -0.1) is 11.3 Å². The maximum atomic E-state index is 6.12. The number of nitrogens with one attached hydrogen (secondary N) is 1. The average molecular weight is 346 g/mol. The summed E-state index contributed by atoms with van der Waals surface area (Å²) in [7, 11) is 0. The predicted molar refractivity (Wildman–Crippen MR) is 97.7 cm³/mol. The largest absolute Gasteiger partial charge is 0.381 e. The molecule has 1 aromatic carbocycles. The molecule has 1 atom stereocenters. The number of aryl methyl sites for hydroxylation is 1. The van der Waals surface area contributed by atoms with Crippen molar-refractivity contribution in [2.24, 2.45) is 0 Å². The summed E-state index contributed by atoms with van der Waals surface area (Å²) in [5.74, 6) is 0. The molecule has 24 heavy (non-hydrogen) atoms. The van der Waals surface area contributed by atoms with Crippen LogP contribution >= 0.6 is 11.3 Å². The summed E-state index contributed by atoms with van der Waals surface area (Å²) in [6.07, 6.45) is 6.58. The Kier molecular flexibility index (Phi) is 5.13. The maximum absolute atomic E-state index is 6.12. The number of benzene rings is 1. The van der Waals surface area contributed by atoms with E-state index in [1.54, 1.807) is 0 Å². The van der Waals surface area contributed by atoms with Gasteiger partial charge in [0.15, 0.2) is 0 Å². The molecule has 130 valence electrons. The lowest BCUT2D eigenvalue weighted by Crippen LogP contribution is -2.50. The number of para-hydroxylation sites is 1. The Bertz CT molecular complexity index is 628. The minimum absolute atomic E-state index is 0.0845. The van der Waals surface area contributed by atoms with Crippen LogP contribution in [0, 0.1) is 0 Å². The summed E-state index contributed by atoms with van der Waals surface area (Å²) >= 11 is 1.83. The van der Waals surface area contributed by atoms with E-state index in [1.165, 1.54) is 9.71 Å². The third-order valence-electron chi connectivity index (χ3n) is 5.24. The minimum Gasteiger partial charge on any atom is -0.381 e. The number of aromatic nitrogens is 1. The highest BCUT2D eigenvalue weighted by molar-refractivity contribution is 7.18. The van der Waals surface area contributed by atoms with Crippen molar-refractivity contribution in [1.29, 1.82) is 0 Å². The summed E-state index contributed by atoms with van der Waals surface area (Å²) in [5.41, 5.74) is 1.22. The van der Waals surface area contributed by atoms with Crippen LogP contribution in [0.25, 0.3) is 10.2 Å². The van der Waals surface area contributed by atoms with Gasteiger partial charge in [-0.2, -0.15) is 0 Å². The molecule has 0 aliphatic carbocycles. The molecule has 5 heteroatoms. The number of ether oxygens (including phenoxy) is 2. The van der Waals surface area contributed by atoms with E-state index in [0.717, 1.165) is 70.4 Å². The SMILES string of the molecule is c1ccc2sc(CCCN[C@@H]3CCOC4(CCOCC4)C3)nc2c1. The fourth-order valence-electron chi connectivity index (χ4n) is 3.87. The van der Waals surface area contributed by atoms with Crippen molar-refractivity contribution in [2.75, 3.05) is 26.4 Å². The van der Waals surface area contributed by atoms with E-state index >= 15 is 0 Å². The Morgan fingerprint density at radius 1 is 1.21 bits per heavy atom. The van der Waals surface area contributed by atoms with Gasteiger partial charge in [0, 0.05) is 32.3 Å². The molecule has 2 fully saturated rings. The van der Waals surface area contributed by atoms with E-state index in [-0.39, 0.29) is 5.60 Å². The van der Waals surface area contributed by atoms with Crippen LogP contribution in [-0.4, -0.2) is 43.0 Å². The van der Waals surface area contributed by atoms with Crippen molar-refractivity contribution in [3.05, 3.63) is 29.3 Å². The van der Waals surface area contributed by atoms with Crippen LogP contribution in [0.4, 0.5) is 0 Å². The minimum atomic E-state index is 0.0845. The quantitative estimate of drug-likeness (QED) is 0.841. The molecule has 3 heterocycles. The predicted octanol–water partition coefficient (Wildman–Crippen LogP) is 3.55. The van der Waals surface area contributed by atoms with E-state index in [4.69, 9.17) is 14.5 Å². The van der Waals surface area contributed by atoms with E-state index in [9.17, 15) is 0 Å². The highest BCUT2D eigenvalue weighted by Gasteiger charge is 2.38. The van der Waals surface area contributed by atoms with Crippen LogP contribution in [0.1, 0.15) is 37.1 Å². The second-order valence-electron chi connectivity index (χ2n) is 6.97. The number of hydrogen-bond acceptors (Lipinski definition) is 5. The Hall–Kier alpha value is -1.01. The third-order valence-corrected chi connectivity index (χ3v) is 6.33. The number of fused-ring (bicyclic) bond motifs is 1. The maximum Gasteiger partial charge on any atom is 0.0939 e. The van der Waals surface area contributed by atoms with Gasteiger partial charge in [-0.05, 0) is 50.8 Å². The van der Waals surface area contributed by atoms with Gasteiger partial charge in [-0.3, -0.25) is 0 Å². The van der Waals surface area contributed by atoms with Gasteiger partial charge in [0.2, 0.25) is 0 Å². The smallest absolute Gasteiger partial charge is 0.0939 e. The second-order valence-corrected chi connectivity index (χ2v) is 8.08. The van der Waals surface area contributed by atoms with Gasteiger partial charge in [-0.25, -0.2) is 4.98 Å². The molecule has 2 aromatic rings. The molecule has 0 saturated carbocycles. The highest BCUT2D eigenvalue weighted by atomic mass is 32.1. The number of thiazole rings is 1. The van der Waals surface area contributed by atoms with Crippen molar-refractivity contribution in [1.82, 2.24) is 10.3 Å². The monoisotopic (exact) mass is 346 g/mol. The molecule has 0 bridgehead atoms. The molecule has 4 rings (SSSR count). The van der Waals surface area contributed by atoms with Gasteiger partial charge in [0.25, 0.3) is 0 Å². The molecule has 1 aromatic heterocycles. The van der Waals surface area contributed by atoms with E-state index in [1.807, 2.05) is 11.3 Å². The van der Waals surface area contributed by atoms with Crippen LogP contribution in [0.3, 0.4) is 0 Å². The van der Waals surface area contributed by atoms with Crippen LogP contribution in [0.5, 0.6) is 0 Å². The molecule has 2 aliphatic rings. The van der Waals surface area contributed by atoms with Crippen LogP contribution in [-0.2, 0) is 15.9 Å². The lowest BCUT2D eigenvalue weighted by molar-refractivity contribution is -0.140. The van der Waals surface area contributed by atoms with Crippen molar-refractivity contribution in [3.63, 3.8) is 0 Å². The summed E-state index contributed by atoms with van der Waals surface area (Å²) in [6, 6.07) is 8.99.